The molecule has 2 atom stereocenters. The van der Waals surface area contributed by atoms with E-state index in [0.717, 1.165) is 6.07 Å². The number of rotatable bonds is 4. The topological polar surface area (TPSA) is 71.2 Å². The summed E-state index contributed by atoms with van der Waals surface area (Å²) >= 11 is 0. The maximum Gasteiger partial charge on any atom is 0.417 e. The minimum absolute atomic E-state index is 0.0898. The lowest BCUT2D eigenvalue weighted by Gasteiger charge is -2.14. The first-order valence-electron chi connectivity index (χ1n) is 9.41. The number of benzene rings is 2. The monoisotopic (exact) mass is 416 g/mol. The molecule has 0 saturated carbocycles. The van der Waals surface area contributed by atoms with E-state index in [1.54, 1.807) is 25.3 Å². The number of nitrogens with one attached hydrogen (secondary N) is 2. The van der Waals surface area contributed by atoms with Crippen molar-refractivity contribution in [2.45, 2.75) is 24.6 Å². The van der Waals surface area contributed by atoms with Crippen LogP contribution in [-0.2, 0) is 15.7 Å². The van der Waals surface area contributed by atoms with Crippen LogP contribution in [0.2, 0.25) is 0 Å². The number of aromatic nitrogens is 1. The highest BCUT2D eigenvalue weighted by atomic mass is 19.4. The molecule has 2 N–H and O–H groups in total. The van der Waals surface area contributed by atoms with E-state index in [2.05, 4.69) is 10.3 Å². The number of carbonyl (C=O) groups is 1. The Balaban J connectivity index is 1.75. The van der Waals surface area contributed by atoms with Crippen molar-refractivity contribution in [3.63, 3.8) is 0 Å². The van der Waals surface area contributed by atoms with Crippen LogP contribution in [0.5, 0.6) is 0 Å². The van der Waals surface area contributed by atoms with Crippen LogP contribution in [0.3, 0.4) is 0 Å². The van der Waals surface area contributed by atoms with Crippen LogP contribution in [0.1, 0.15) is 23.5 Å². The molecule has 0 bridgehead atoms. The summed E-state index contributed by atoms with van der Waals surface area (Å²) in [6.45, 7) is 0.401. The fraction of sp³-hybridized carbons (Fsp3) is 0.273. The van der Waals surface area contributed by atoms with Crippen LogP contribution in [0, 0.1) is 0 Å². The van der Waals surface area contributed by atoms with E-state index < -0.39 is 23.2 Å². The standard InChI is InChI=1S/C22H19F3N2O3/c1-30-11-14-10-17(20(28)26-14)12-6-7-13-9-19(27-21(29)16(13)8-12)15-4-2-3-5-18(15)22(23,24)25/h2-9,14,17H,10-11H2,1H3,(H,26,28)(H,27,29)/t14?,17-/m1/s1. The average Bonchev–Trinajstić information content (AvgIpc) is 3.07. The number of methoxy groups -OCH3 is 1. The predicted molar refractivity (Wildman–Crippen MR) is 106 cm³/mol. The molecular weight excluding hydrogens is 397 g/mol. The fourth-order valence-electron chi connectivity index (χ4n) is 3.96. The lowest BCUT2D eigenvalue weighted by molar-refractivity contribution is -0.137. The van der Waals surface area contributed by atoms with Crippen molar-refractivity contribution < 1.29 is 22.7 Å². The van der Waals surface area contributed by atoms with Gasteiger partial charge in [-0.3, -0.25) is 9.59 Å². The van der Waals surface area contributed by atoms with Gasteiger partial charge in [-0.2, -0.15) is 13.2 Å². The summed E-state index contributed by atoms with van der Waals surface area (Å²) in [6.07, 6.45) is -3.99. The van der Waals surface area contributed by atoms with Gasteiger partial charge in [0.2, 0.25) is 5.91 Å². The van der Waals surface area contributed by atoms with Gasteiger partial charge in [-0.15, -0.1) is 0 Å². The van der Waals surface area contributed by atoms with Gasteiger partial charge < -0.3 is 15.0 Å². The molecule has 2 heterocycles. The number of carbonyl (C=O) groups excluding carboxylic acids is 1. The molecule has 2 aromatic carbocycles. The Morgan fingerprint density at radius 1 is 1.10 bits per heavy atom. The summed E-state index contributed by atoms with van der Waals surface area (Å²) in [5.41, 5.74) is -0.637. The molecule has 0 spiro atoms. The van der Waals surface area contributed by atoms with Gasteiger partial charge in [0, 0.05) is 23.8 Å². The quantitative estimate of drug-likeness (QED) is 0.679. The van der Waals surface area contributed by atoms with Crippen molar-refractivity contribution >= 4 is 16.7 Å². The van der Waals surface area contributed by atoms with Crippen molar-refractivity contribution in [3.05, 3.63) is 70.0 Å². The number of hydrogen-bond acceptors (Lipinski definition) is 3. The summed E-state index contributed by atoms with van der Waals surface area (Å²) in [6, 6.07) is 11.6. The fourth-order valence-corrected chi connectivity index (χ4v) is 3.96. The van der Waals surface area contributed by atoms with Crippen LogP contribution >= 0.6 is 0 Å². The summed E-state index contributed by atoms with van der Waals surface area (Å²) in [4.78, 5) is 27.5. The zero-order chi connectivity index (χ0) is 21.5. The van der Waals surface area contributed by atoms with Gasteiger partial charge in [0.15, 0.2) is 0 Å². The molecule has 4 rings (SSSR count). The van der Waals surface area contributed by atoms with Gasteiger partial charge in [-0.25, -0.2) is 0 Å². The van der Waals surface area contributed by atoms with E-state index in [9.17, 15) is 22.8 Å². The molecule has 156 valence electrons. The molecule has 0 aliphatic carbocycles. The predicted octanol–water partition coefficient (Wildman–Crippen LogP) is 3.83. The number of alkyl halides is 3. The normalized spacial score (nSPS) is 19.3. The van der Waals surface area contributed by atoms with Crippen LogP contribution < -0.4 is 10.9 Å². The maximum absolute atomic E-state index is 13.4. The molecule has 1 amide bonds. The lowest BCUT2D eigenvalue weighted by atomic mass is 9.93. The molecule has 3 aromatic rings. The summed E-state index contributed by atoms with van der Waals surface area (Å²) < 4.78 is 45.2. The van der Waals surface area contributed by atoms with Gasteiger partial charge in [0.05, 0.1) is 24.1 Å². The van der Waals surface area contributed by atoms with Gasteiger partial charge in [0.1, 0.15) is 0 Å². The number of halogens is 3. The number of fused-ring (bicyclic) bond motifs is 1. The molecule has 1 fully saturated rings. The van der Waals surface area contributed by atoms with Crippen LogP contribution in [0.4, 0.5) is 13.2 Å². The van der Waals surface area contributed by atoms with Crippen molar-refractivity contribution in [2.24, 2.45) is 0 Å². The smallest absolute Gasteiger partial charge is 0.383 e. The second-order valence-electron chi connectivity index (χ2n) is 7.35. The van der Waals surface area contributed by atoms with Crippen LogP contribution in [0.25, 0.3) is 22.0 Å². The Kier molecular flexibility index (Phi) is 5.11. The first kappa shape index (κ1) is 20.2. The van der Waals surface area contributed by atoms with Crippen molar-refractivity contribution in [1.29, 1.82) is 0 Å². The number of pyridine rings is 1. The van der Waals surface area contributed by atoms with E-state index >= 15 is 0 Å². The minimum atomic E-state index is -4.54. The largest absolute Gasteiger partial charge is 0.417 e. The molecule has 5 nitrogen and oxygen atoms in total. The molecule has 8 heteroatoms. The summed E-state index contributed by atoms with van der Waals surface area (Å²) in [5, 5.41) is 3.68. The molecule has 1 aliphatic heterocycles. The number of amides is 1. The van der Waals surface area contributed by atoms with E-state index in [-0.39, 0.29) is 23.2 Å². The Morgan fingerprint density at radius 2 is 1.87 bits per heavy atom. The Hall–Kier alpha value is -3.13. The van der Waals surface area contributed by atoms with E-state index in [1.807, 2.05) is 0 Å². The second kappa shape index (κ2) is 7.60. The van der Waals surface area contributed by atoms with Gasteiger partial charge in [-0.1, -0.05) is 30.3 Å². The average molecular weight is 416 g/mol. The second-order valence-corrected chi connectivity index (χ2v) is 7.35. The Morgan fingerprint density at radius 3 is 2.60 bits per heavy atom. The zero-order valence-electron chi connectivity index (χ0n) is 16.0. The molecule has 30 heavy (non-hydrogen) atoms. The minimum Gasteiger partial charge on any atom is -0.383 e. The molecule has 0 radical (unpaired) electrons. The van der Waals surface area contributed by atoms with Crippen molar-refractivity contribution in [3.8, 4) is 11.3 Å². The summed E-state index contributed by atoms with van der Waals surface area (Å²) in [5.74, 6) is -0.539. The Labute approximate surface area is 169 Å². The Bertz CT molecular complexity index is 1170. The molecule has 1 saturated heterocycles. The molecule has 1 unspecified atom stereocenters. The first-order valence-corrected chi connectivity index (χ1v) is 9.41. The highest BCUT2D eigenvalue weighted by molar-refractivity contribution is 5.90. The van der Waals surface area contributed by atoms with Crippen molar-refractivity contribution in [1.82, 2.24) is 10.3 Å². The maximum atomic E-state index is 13.4. The first-order chi connectivity index (χ1) is 14.3. The van der Waals surface area contributed by atoms with E-state index in [1.165, 1.54) is 24.3 Å². The van der Waals surface area contributed by atoms with Gasteiger partial charge in [0.25, 0.3) is 5.56 Å². The van der Waals surface area contributed by atoms with Gasteiger partial charge >= 0.3 is 6.18 Å². The number of aromatic amines is 1. The highest BCUT2D eigenvalue weighted by Gasteiger charge is 2.34. The molecule has 1 aliphatic rings. The third-order valence-corrected chi connectivity index (χ3v) is 5.35. The highest BCUT2D eigenvalue weighted by Crippen LogP contribution is 2.37. The lowest BCUT2D eigenvalue weighted by Crippen LogP contribution is -2.29. The van der Waals surface area contributed by atoms with Crippen molar-refractivity contribution in [2.75, 3.05) is 13.7 Å². The van der Waals surface area contributed by atoms with Gasteiger partial charge in [-0.05, 0) is 35.6 Å². The molecule has 1 aromatic heterocycles. The SMILES string of the molecule is COCC1C[C@H](c2ccc3cc(-c4ccccc4C(F)(F)F)[nH]c(=O)c3c2)C(=O)N1. The third-order valence-electron chi connectivity index (χ3n) is 5.35. The van der Waals surface area contributed by atoms with E-state index in [4.69, 9.17) is 4.74 Å². The van der Waals surface area contributed by atoms with E-state index in [0.29, 0.717) is 29.4 Å². The molecular formula is C22H19F3N2O3. The van der Waals surface area contributed by atoms with Crippen LogP contribution in [0.15, 0.2) is 53.3 Å². The number of ether oxygens (including phenoxy) is 1. The number of hydrogen-bond donors (Lipinski definition) is 2. The third kappa shape index (κ3) is 3.70. The summed E-state index contributed by atoms with van der Waals surface area (Å²) in [7, 11) is 1.56. The number of H-pyrrole nitrogens is 1. The zero-order valence-corrected chi connectivity index (χ0v) is 16.0. The van der Waals surface area contributed by atoms with Crippen LogP contribution in [-0.4, -0.2) is 30.6 Å².